The fourth-order valence-electron chi connectivity index (χ4n) is 3.09. The number of hydrogen-bond acceptors (Lipinski definition) is 1. The number of hydrogen-bond donors (Lipinski definition) is 0. The lowest BCUT2D eigenvalue weighted by Crippen LogP contribution is -2.26. The Labute approximate surface area is 108 Å². The smallest absolute Gasteiger partial charge is 0.0187 e. The van der Waals surface area contributed by atoms with Crippen LogP contribution in [-0.4, -0.2) is 25.0 Å². The first-order valence-corrected chi connectivity index (χ1v) is 7.36. The van der Waals surface area contributed by atoms with Crippen LogP contribution in [0.15, 0.2) is 12.2 Å². The highest BCUT2D eigenvalue weighted by molar-refractivity contribution is 4.99. The van der Waals surface area contributed by atoms with Crippen LogP contribution in [0.1, 0.15) is 52.9 Å². The fraction of sp³-hybridized carbons (Fsp3) is 0.875. The summed E-state index contributed by atoms with van der Waals surface area (Å²) >= 11 is 0. The quantitative estimate of drug-likeness (QED) is 0.595. The predicted octanol–water partition coefficient (Wildman–Crippen LogP) is 4.35. The van der Waals surface area contributed by atoms with Crippen molar-refractivity contribution in [1.82, 2.24) is 4.90 Å². The van der Waals surface area contributed by atoms with Gasteiger partial charge in [0.15, 0.2) is 0 Å². The van der Waals surface area contributed by atoms with Gasteiger partial charge in [-0.1, -0.05) is 45.8 Å². The maximum Gasteiger partial charge on any atom is 0.0187 e. The van der Waals surface area contributed by atoms with Crippen LogP contribution < -0.4 is 0 Å². The molecule has 0 aliphatic heterocycles. The molecule has 0 radical (unpaired) electrons. The zero-order valence-electron chi connectivity index (χ0n) is 12.3. The van der Waals surface area contributed by atoms with Crippen LogP contribution in [0.2, 0.25) is 0 Å². The Balaban J connectivity index is 2.20. The van der Waals surface area contributed by atoms with Crippen LogP contribution >= 0.6 is 0 Å². The minimum absolute atomic E-state index is 0.805. The summed E-state index contributed by atoms with van der Waals surface area (Å²) < 4.78 is 0. The first kappa shape index (κ1) is 14.8. The third-order valence-corrected chi connectivity index (χ3v) is 4.19. The molecule has 0 spiro atoms. The molecule has 1 rings (SSSR count). The van der Waals surface area contributed by atoms with Crippen molar-refractivity contribution in [3.63, 3.8) is 0 Å². The Morgan fingerprint density at radius 2 is 2.12 bits per heavy atom. The van der Waals surface area contributed by atoms with Gasteiger partial charge >= 0.3 is 0 Å². The summed E-state index contributed by atoms with van der Waals surface area (Å²) in [6.07, 6.45) is 6.82. The van der Waals surface area contributed by atoms with Crippen LogP contribution in [0.4, 0.5) is 0 Å². The van der Waals surface area contributed by atoms with E-state index in [1.54, 1.807) is 0 Å². The van der Waals surface area contributed by atoms with E-state index in [4.69, 9.17) is 0 Å². The maximum atomic E-state index is 4.27. The van der Waals surface area contributed by atoms with E-state index in [9.17, 15) is 0 Å². The van der Waals surface area contributed by atoms with Gasteiger partial charge in [-0.15, -0.1) is 0 Å². The van der Waals surface area contributed by atoms with Crippen molar-refractivity contribution in [3.8, 4) is 0 Å². The standard InChI is InChI=1S/C16H31N/c1-6-13(2)11-17(5)12-15(4)10-16-8-7-14(3)9-16/h13-14,16H,4,6-12H2,1-3,5H3. The third kappa shape index (κ3) is 5.72. The molecule has 1 saturated carbocycles. The third-order valence-electron chi connectivity index (χ3n) is 4.19. The Kier molecular flexibility index (Phi) is 6.26. The molecule has 0 heterocycles. The number of nitrogens with zero attached hydrogens (tertiary/aromatic N) is 1. The average molecular weight is 237 g/mol. The lowest BCUT2D eigenvalue weighted by Gasteiger charge is -2.22. The molecule has 0 saturated heterocycles. The van der Waals surface area contributed by atoms with Gasteiger partial charge in [0, 0.05) is 13.1 Å². The van der Waals surface area contributed by atoms with E-state index >= 15 is 0 Å². The molecular formula is C16H31N. The van der Waals surface area contributed by atoms with Gasteiger partial charge in [0.25, 0.3) is 0 Å². The van der Waals surface area contributed by atoms with E-state index in [1.165, 1.54) is 44.2 Å². The minimum atomic E-state index is 0.805. The Morgan fingerprint density at radius 3 is 2.65 bits per heavy atom. The second kappa shape index (κ2) is 7.20. The van der Waals surface area contributed by atoms with Crippen molar-refractivity contribution in [1.29, 1.82) is 0 Å². The Morgan fingerprint density at radius 1 is 1.41 bits per heavy atom. The second-order valence-corrected chi connectivity index (χ2v) is 6.45. The van der Waals surface area contributed by atoms with Crippen LogP contribution in [-0.2, 0) is 0 Å². The van der Waals surface area contributed by atoms with E-state index in [0.717, 1.165) is 24.3 Å². The topological polar surface area (TPSA) is 3.24 Å². The van der Waals surface area contributed by atoms with Crippen LogP contribution in [0.25, 0.3) is 0 Å². The fourth-order valence-corrected chi connectivity index (χ4v) is 3.09. The van der Waals surface area contributed by atoms with Gasteiger partial charge in [-0.3, -0.25) is 0 Å². The van der Waals surface area contributed by atoms with E-state index in [1.807, 2.05) is 0 Å². The van der Waals surface area contributed by atoms with E-state index in [-0.39, 0.29) is 0 Å². The van der Waals surface area contributed by atoms with Crippen molar-refractivity contribution in [2.45, 2.75) is 52.9 Å². The summed E-state index contributed by atoms with van der Waals surface area (Å²) in [5, 5.41) is 0. The monoisotopic (exact) mass is 237 g/mol. The molecule has 0 aromatic rings. The molecule has 1 aliphatic carbocycles. The van der Waals surface area contributed by atoms with Crippen molar-refractivity contribution < 1.29 is 0 Å². The van der Waals surface area contributed by atoms with Crippen LogP contribution in [0.5, 0.6) is 0 Å². The maximum absolute atomic E-state index is 4.27. The predicted molar refractivity (Wildman–Crippen MR) is 77.2 cm³/mol. The molecule has 0 aromatic carbocycles. The highest BCUT2D eigenvalue weighted by atomic mass is 15.1. The first-order chi connectivity index (χ1) is 8.01. The second-order valence-electron chi connectivity index (χ2n) is 6.45. The normalized spacial score (nSPS) is 26.4. The highest BCUT2D eigenvalue weighted by Crippen LogP contribution is 2.34. The summed E-state index contributed by atoms with van der Waals surface area (Å²) in [7, 11) is 2.23. The number of likely N-dealkylation sites (N-methyl/N-ethyl adjacent to an activating group) is 1. The van der Waals surface area contributed by atoms with E-state index in [0.29, 0.717) is 0 Å². The molecule has 1 nitrogen and oxygen atoms in total. The minimum Gasteiger partial charge on any atom is -0.302 e. The van der Waals surface area contributed by atoms with Gasteiger partial charge in [0.1, 0.15) is 0 Å². The molecule has 1 heteroatoms. The summed E-state index contributed by atoms with van der Waals surface area (Å²) in [6, 6.07) is 0. The molecule has 0 bridgehead atoms. The van der Waals surface area contributed by atoms with Crippen molar-refractivity contribution >= 4 is 0 Å². The summed E-state index contributed by atoms with van der Waals surface area (Å²) in [6.45, 7) is 13.6. The zero-order valence-corrected chi connectivity index (χ0v) is 12.3. The van der Waals surface area contributed by atoms with Crippen molar-refractivity contribution in [2.24, 2.45) is 17.8 Å². The molecule has 17 heavy (non-hydrogen) atoms. The van der Waals surface area contributed by atoms with Gasteiger partial charge < -0.3 is 4.90 Å². The molecule has 0 amide bonds. The lowest BCUT2D eigenvalue weighted by atomic mass is 9.97. The first-order valence-electron chi connectivity index (χ1n) is 7.36. The van der Waals surface area contributed by atoms with Crippen LogP contribution in [0, 0.1) is 17.8 Å². The molecule has 3 atom stereocenters. The van der Waals surface area contributed by atoms with Crippen molar-refractivity contribution in [2.75, 3.05) is 20.1 Å². The highest BCUT2D eigenvalue weighted by Gasteiger charge is 2.21. The molecular weight excluding hydrogens is 206 g/mol. The molecule has 3 unspecified atom stereocenters. The van der Waals surface area contributed by atoms with Crippen molar-refractivity contribution in [3.05, 3.63) is 12.2 Å². The van der Waals surface area contributed by atoms with E-state index in [2.05, 4.69) is 39.3 Å². The summed E-state index contributed by atoms with van der Waals surface area (Å²) in [5.74, 6) is 2.68. The zero-order chi connectivity index (χ0) is 12.8. The SMILES string of the molecule is C=C(CC1CCC(C)C1)CN(C)CC(C)CC. The van der Waals surface area contributed by atoms with E-state index < -0.39 is 0 Å². The van der Waals surface area contributed by atoms with Gasteiger partial charge in [-0.2, -0.15) is 0 Å². The molecule has 0 aromatic heterocycles. The van der Waals surface area contributed by atoms with Crippen LogP contribution in [0.3, 0.4) is 0 Å². The lowest BCUT2D eigenvalue weighted by molar-refractivity contribution is 0.297. The van der Waals surface area contributed by atoms with Gasteiger partial charge in [0.2, 0.25) is 0 Å². The molecule has 100 valence electrons. The molecule has 0 N–H and O–H groups in total. The molecule has 1 fully saturated rings. The number of rotatable bonds is 7. The Hall–Kier alpha value is -0.300. The average Bonchev–Trinajstić information content (AvgIpc) is 2.63. The summed E-state index contributed by atoms with van der Waals surface area (Å²) in [4.78, 5) is 2.44. The van der Waals surface area contributed by atoms with Gasteiger partial charge in [0.05, 0.1) is 0 Å². The van der Waals surface area contributed by atoms with Gasteiger partial charge in [-0.05, 0) is 44.1 Å². The summed E-state index contributed by atoms with van der Waals surface area (Å²) in [5.41, 5.74) is 1.44. The largest absolute Gasteiger partial charge is 0.302 e. The molecule has 1 aliphatic rings. The Bertz CT molecular complexity index is 234. The van der Waals surface area contributed by atoms with Gasteiger partial charge in [-0.25, -0.2) is 0 Å².